The average molecular weight is 428 g/mol. The predicted molar refractivity (Wildman–Crippen MR) is 119 cm³/mol. The van der Waals surface area contributed by atoms with E-state index in [1.165, 1.54) is 0 Å². The molecular formula is C24H18ClN5O. The van der Waals surface area contributed by atoms with E-state index in [4.69, 9.17) is 16.9 Å². The van der Waals surface area contributed by atoms with Crippen LogP contribution in [0.4, 0.5) is 5.82 Å². The highest BCUT2D eigenvalue weighted by molar-refractivity contribution is 6.31. The highest BCUT2D eigenvalue weighted by atomic mass is 35.5. The van der Waals surface area contributed by atoms with Gasteiger partial charge in [0.1, 0.15) is 17.5 Å². The average Bonchev–Trinajstić information content (AvgIpc) is 3.17. The number of anilines is 1. The molecule has 1 saturated carbocycles. The highest BCUT2D eigenvalue weighted by Gasteiger charge is 2.42. The largest absolute Gasteiger partial charge is 0.342 e. The Bertz CT molecular complexity index is 1330. The summed E-state index contributed by atoms with van der Waals surface area (Å²) < 4.78 is 0. The molecule has 3 heterocycles. The molecular weight excluding hydrogens is 410 g/mol. The Labute approximate surface area is 183 Å². The first-order valence-electron chi connectivity index (χ1n) is 10.0. The van der Waals surface area contributed by atoms with Gasteiger partial charge in [-0.2, -0.15) is 5.26 Å². The number of aromatic amines is 1. The summed E-state index contributed by atoms with van der Waals surface area (Å²) in [6.07, 6.45) is 6.53. The number of carbonyl (C=O) groups excluding carboxylic acids is 1. The zero-order valence-electron chi connectivity index (χ0n) is 16.5. The highest BCUT2D eigenvalue weighted by Crippen LogP contribution is 2.49. The van der Waals surface area contributed by atoms with Gasteiger partial charge in [0.05, 0.1) is 5.56 Å². The van der Waals surface area contributed by atoms with Gasteiger partial charge in [0, 0.05) is 39.5 Å². The molecule has 31 heavy (non-hydrogen) atoms. The summed E-state index contributed by atoms with van der Waals surface area (Å²) in [6, 6.07) is 16.7. The van der Waals surface area contributed by atoms with E-state index in [0.29, 0.717) is 22.0 Å². The number of aromatic nitrogens is 3. The van der Waals surface area contributed by atoms with Gasteiger partial charge in [-0.1, -0.05) is 30.2 Å². The molecule has 0 atom stereocenters. The summed E-state index contributed by atoms with van der Waals surface area (Å²) in [6.45, 7) is 0. The molecule has 3 aromatic heterocycles. The molecule has 0 bridgehead atoms. The van der Waals surface area contributed by atoms with Gasteiger partial charge < -0.3 is 10.3 Å². The Morgan fingerprint density at radius 1 is 1.13 bits per heavy atom. The molecule has 6 nitrogen and oxygen atoms in total. The molecule has 0 aliphatic heterocycles. The number of hydrogen-bond acceptors (Lipinski definition) is 4. The summed E-state index contributed by atoms with van der Waals surface area (Å²) in [5.41, 5.74) is 3.81. The van der Waals surface area contributed by atoms with Crippen LogP contribution in [0.25, 0.3) is 11.0 Å². The van der Waals surface area contributed by atoms with Crippen molar-refractivity contribution in [3.05, 3.63) is 88.3 Å². The lowest BCUT2D eigenvalue weighted by Gasteiger charge is -2.41. The fourth-order valence-corrected chi connectivity index (χ4v) is 4.34. The number of hydrogen-bond donors (Lipinski definition) is 2. The van der Waals surface area contributed by atoms with E-state index in [0.717, 1.165) is 41.6 Å². The van der Waals surface area contributed by atoms with E-state index in [9.17, 15) is 4.79 Å². The van der Waals surface area contributed by atoms with Gasteiger partial charge in [-0.05, 0) is 54.8 Å². The van der Waals surface area contributed by atoms with E-state index in [1.54, 1.807) is 30.5 Å². The van der Waals surface area contributed by atoms with Crippen molar-refractivity contribution in [3.63, 3.8) is 0 Å². The van der Waals surface area contributed by atoms with Crippen LogP contribution in [-0.4, -0.2) is 20.9 Å². The van der Waals surface area contributed by atoms with Crippen LogP contribution in [-0.2, 0) is 5.41 Å². The second kappa shape index (κ2) is 7.53. The Morgan fingerprint density at radius 3 is 2.68 bits per heavy atom. The number of halogens is 1. The summed E-state index contributed by atoms with van der Waals surface area (Å²) in [5.74, 6) is 0.233. The van der Waals surface area contributed by atoms with Crippen LogP contribution in [0.2, 0.25) is 5.02 Å². The molecule has 1 fully saturated rings. The standard InChI is InChI=1S/C24H18ClN5O/c25-19-4-1-3-16(10-19)23(31)30-21-6-5-18(14-27-21)24(7-2-8-24)20-11-17-9-15(12-26)13-28-22(17)29-20/h1,3-6,9-11,13-14H,2,7-8H2,(H,28,29)(H,27,30,31). The molecule has 5 rings (SSSR count). The number of fused-ring (bicyclic) bond motifs is 1. The van der Waals surface area contributed by atoms with Crippen molar-refractivity contribution < 1.29 is 4.79 Å². The Morgan fingerprint density at radius 2 is 2.00 bits per heavy atom. The van der Waals surface area contributed by atoms with E-state index in [2.05, 4.69) is 32.4 Å². The number of nitrogens with zero attached hydrogens (tertiary/aromatic N) is 3. The molecule has 1 aliphatic rings. The number of nitriles is 1. The van der Waals surface area contributed by atoms with Crippen molar-refractivity contribution in [1.29, 1.82) is 5.26 Å². The zero-order valence-corrected chi connectivity index (χ0v) is 17.3. The normalized spacial score (nSPS) is 14.6. The minimum absolute atomic E-state index is 0.157. The lowest BCUT2D eigenvalue weighted by Crippen LogP contribution is -2.36. The van der Waals surface area contributed by atoms with Crippen molar-refractivity contribution in [1.82, 2.24) is 15.0 Å². The van der Waals surface area contributed by atoms with Crippen LogP contribution in [0.1, 0.15) is 46.4 Å². The minimum Gasteiger partial charge on any atom is -0.342 e. The molecule has 0 saturated heterocycles. The Hall–Kier alpha value is -3.69. The van der Waals surface area contributed by atoms with Crippen molar-refractivity contribution in [3.8, 4) is 6.07 Å². The Kier molecular flexibility index (Phi) is 4.68. The smallest absolute Gasteiger partial charge is 0.256 e. The topological polar surface area (TPSA) is 94.5 Å². The minimum atomic E-state index is -0.254. The third-order valence-electron chi connectivity index (χ3n) is 5.97. The molecule has 1 aliphatic carbocycles. The van der Waals surface area contributed by atoms with Gasteiger partial charge in [-0.3, -0.25) is 4.79 Å². The van der Waals surface area contributed by atoms with Crippen molar-refractivity contribution in [2.75, 3.05) is 5.32 Å². The molecule has 4 aromatic rings. The van der Waals surface area contributed by atoms with Gasteiger partial charge in [-0.15, -0.1) is 0 Å². The van der Waals surface area contributed by atoms with E-state index >= 15 is 0 Å². The third-order valence-corrected chi connectivity index (χ3v) is 6.20. The zero-order chi connectivity index (χ0) is 21.4. The maximum atomic E-state index is 12.4. The number of carbonyl (C=O) groups is 1. The van der Waals surface area contributed by atoms with Gasteiger partial charge in [0.15, 0.2) is 0 Å². The number of benzene rings is 1. The number of pyridine rings is 2. The first-order chi connectivity index (χ1) is 15.1. The van der Waals surface area contributed by atoms with Gasteiger partial charge in [-0.25, -0.2) is 9.97 Å². The van der Waals surface area contributed by atoms with Crippen LogP contribution in [0.5, 0.6) is 0 Å². The SMILES string of the molecule is N#Cc1cnc2[nH]c(C3(c4ccc(NC(=O)c5cccc(Cl)c5)nc4)CCC3)cc2c1. The molecule has 2 N–H and O–H groups in total. The van der Waals surface area contributed by atoms with Gasteiger partial charge in [0.2, 0.25) is 0 Å². The van der Waals surface area contributed by atoms with Gasteiger partial charge in [0.25, 0.3) is 5.91 Å². The quantitative estimate of drug-likeness (QED) is 0.467. The lowest BCUT2D eigenvalue weighted by atomic mass is 9.63. The maximum absolute atomic E-state index is 12.4. The number of rotatable bonds is 4. The van der Waals surface area contributed by atoms with Crippen molar-refractivity contribution >= 4 is 34.4 Å². The molecule has 152 valence electrons. The molecule has 0 radical (unpaired) electrons. The Balaban J connectivity index is 1.41. The fourth-order valence-electron chi connectivity index (χ4n) is 4.15. The van der Waals surface area contributed by atoms with Crippen LogP contribution in [0.3, 0.4) is 0 Å². The van der Waals surface area contributed by atoms with E-state index in [1.807, 2.05) is 24.4 Å². The van der Waals surface area contributed by atoms with E-state index < -0.39 is 0 Å². The van der Waals surface area contributed by atoms with Crippen LogP contribution >= 0.6 is 11.6 Å². The monoisotopic (exact) mass is 427 g/mol. The van der Waals surface area contributed by atoms with Crippen LogP contribution in [0, 0.1) is 11.3 Å². The van der Waals surface area contributed by atoms with Crippen LogP contribution in [0.15, 0.2) is 60.9 Å². The van der Waals surface area contributed by atoms with Crippen molar-refractivity contribution in [2.24, 2.45) is 0 Å². The van der Waals surface area contributed by atoms with Gasteiger partial charge >= 0.3 is 0 Å². The predicted octanol–water partition coefficient (Wildman–Crippen LogP) is 5.21. The summed E-state index contributed by atoms with van der Waals surface area (Å²) in [7, 11) is 0. The fraction of sp³-hybridized carbons (Fsp3) is 0.167. The molecule has 0 spiro atoms. The van der Waals surface area contributed by atoms with Crippen LogP contribution < -0.4 is 5.32 Å². The molecule has 1 aromatic carbocycles. The number of nitrogens with one attached hydrogen (secondary N) is 2. The number of amides is 1. The first kappa shape index (κ1) is 19.3. The van der Waals surface area contributed by atoms with E-state index in [-0.39, 0.29) is 11.3 Å². The molecule has 0 unspecified atom stereocenters. The number of H-pyrrole nitrogens is 1. The summed E-state index contributed by atoms with van der Waals surface area (Å²) in [4.78, 5) is 24.7. The second-order valence-corrected chi connectivity index (χ2v) is 8.23. The van der Waals surface area contributed by atoms with Crippen molar-refractivity contribution in [2.45, 2.75) is 24.7 Å². The molecule has 7 heteroatoms. The third kappa shape index (κ3) is 3.43. The lowest BCUT2D eigenvalue weighted by molar-refractivity contribution is 0.102. The summed E-state index contributed by atoms with van der Waals surface area (Å²) >= 11 is 5.97. The molecule has 1 amide bonds. The first-order valence-corrected chi connectivity index (χ1v) is 10.4. The maximum Gasteiger partial charge on any atom is 0.256 e. The summed E-state index contributed by atoms with van der Waals surface area (Å²) in [5, 5.41) is 13.4. The second-order valence-electron chi connectivity index (χ2n) is 7.79.